The van der Waals surface area contributed by atoms with Crippen molar-refractivity contribution in [1.29, 1.82) is 0 Å². The lowest BCUT2D eigenvalue weighted by molar-refractivity contribution is 0.632. The SMILES string of the molecule is CC1(C)c2ccccc2N(c2ccc(-c3nc4c5nsnc5c5nsnc5c4nc3-c3ccc(Cl)cc3)cc2)c2ccccc21. The van der Waals surface area contributed by atoms with E-state index in [2.05, 4.69) is 109 Å². The molecule has 0 aliphatic carbocycles. The van der Waals surface area contributed by atoms with Gasteiger partial charge in [0.05, 0.1) is 46.2 Å². The van der Waals surface area contributed by atoms with Crippen molar-refractivity contribution in [2.45, 2.75) is 19.3 Å². The van der Waals surface area contributed by atoms with E-state index in [-0.39, 0.29) is 5.41 Å². The summed E-state index contributed by atoms with van der Waals surface area (Å²) in [5.41, 5.74) is 13.3. The van der Waals surface area contributed by atoms with E-state index in [1.165, 1.54) is 22.5 Å². The van der Waals surface area contributed by atoms with Crippen molar-refractivity contribution in [3.8, 4) is 22.5 Å². The number of fused-ring (bicyclic) bond motifs is 8. The van der Waals surface area contributed by atoms with Gasteiger partial charge in [-0.15, -0.1) is 0 Å². The van der Waals surface area contributed by atoms with Crippen LogP contribution in [0.3, 0.4) is 0 Å². The summed E-state index contributed by atoms with van der Waals surface area (Å²) >= 11 is 8.56. The first-order valence-corrected chi connectivity index (χ1v) is 16.3. The topological polar surface area (TPSA) is 80.6 Å². The van der Waals surface area contributed by atoms with Gasteiger partial charge in [-0.05, 0) is 47.5 Å². The number of halogens is 1. The van der Waals surface area contributed by atoms with Gasteiger partial charge in [0, 0.05) is 27.3 Å². The Morgan fingerprint density at radius 1 is 0.533 bits per heavy atom. The normalized spacial score (nSPS) is 13.8. The summed E-state index contributed by atoms with van der Waals surface area (Å²) in [4.78, 5) is 12.8. The molecule has 1 aliphatic heterocycles. The highest BCUT2D eigenvalue weighted by atomic mass is 35.5. The summed E-state index contributed by atoms with van der Waals surface area (Å²) in [6.07, 6.45) is 0. The first-order chi connectivity index (χ1) is 22.0. The Labute approximate surface area is 271 Å². The average molecular weight is 640 g/mol. The number of rotatable bonds is 3. The summed E-state index contributed by atoms with van der Waals surface area (Å²) in [7, 11) is 0. The molecule has 0 spiro atoms. The van der Waals surface area contributed by atoms with Gasteiger partial charge in [-0.1, -0.05) is 86.1 Å². The van der Waals surface area contributed by atoms with Crippen LogP contribution < -0.4 is 4.90 Å². The van der Waals surface area contributed by atoms with Crippen LogP contribution in [0.1, 0.15) is 25.0 Å². The highest BCUT2D eigenvalue weighted by molar-refractivity contribution is 7.01. The van der Waals surface area contributed by atoms with Gasteiger partial charge in [0.2, 0.25) is 0 Å². The largest absolute Gasteiger partial charge is 0.310 e. The number of anilines is 3. The highest BCUT2D eigenvalue weighted by Crippen LogP contribution is 2.51. The standard InChI is InChI=1S/C35H22ClN7S2/c1-35(2)23-7-3-5-9-25(23)43(26-10-6-4-8-24(26)35)22-17-13-20(14-18-22)28-27(19-11-15-21(36)16-12-19)37-29-30(38-28)32-34(42-45-40-32)33-31(29)39-44-41-33/h3-18H,1-2H3. The van der Waals surface area contributed by atoms with E-state index in [1.807, 2.05) is 24.3 Å². The van der Waals surface area contributed by atoms with Gasteiger partial charge in [-0.3, -0.25) is 0 Å². The molecule has 7 nitrogen and oxygen atoms in total. The number of hydrogen-bond donors (Lipinski definition) is 0. The fourth-order valence-corrected chi connectivity index (χ4v) is 7.72. The second kappa shape index (κ2) is 9.84. The summed E-state index contributed by atoms with van der Waals surface area (Å²) < 4.78 is 18.2. The van der Waals surface area contributed by atoms with Gasteiger partial charge in [-0.25, -0.2) is 9.97 Å². The van der Waals surface area contributed by atoms with Gasteiger partial charge in [0.1, 0.15) is 33.1 Å². The third-order valence-electron chi connectivity index (χ3n) is 8.70. The Hall–Kier alpha value is -4.83. The first kappa shape index (κ1) is 26.6. The maximum atomic E-state index is 6.28. The number of aromatic nitrogens is 6. The molecule has 10 heteroatoms. The van der Waals surface area contributed by atoms with Crippen LogP contribution in [-0.2, 0) is 5.41 Å². The third-order valence-corrected chi connectivity index (χ3v) is 10.0. The summed E-state index contributed by atoms with van der Waals surface area (Å²) in [5, 5.41) is 0.657. The van der Waals surface area contributed by atoms with Crippen LogP contribution in [0.25, 0.3) is 55.6 Å². The molecule has 45 heavy (non-hydrogen) atoms. The molecule has 0 N–H and O–H groups in total. The minimum Gasteiger partial charge on any atom is -0.310 e. The molecule has 5 aromatic carbocycles. The van der Waals surface area contributed by atoms with Crippen LogP contribution in [0, 0.1) is 0 Å². The van der Waals surface area contributed by atoms with Crippen LogP contribution in [0.4, 0.5) is 17.1 Å². The number of para-hydroxylation sites is 2. The zero-order chi connectivity index (χ0) is 30.3. The van der Waals surface area contributed by atoms with Crippen molar-refractivity contribution >= 4 is 85.2 Å². The van der Waals surface area contributed by atoms with E-state index in [1.54, 1.807) is 0 Å². The van der Waals surface area contributed by atoms with E-state index < -0.39 is 0 Å². The minimum atomic E-state index is -0.119. The minimum absolute atomic E-state index is 0.119. The molecule has 216 valence electrons. The Kier molecular flexibility index (Phi) is 5.81. The van der Waals surface area contributed by atoms with E-state index >= 15 is 0 Å². The van der Waals surface area contributed by atoms with Crippen molar-refractivity contribution in [3.63, 3.8) is 0 Å². The van der Waals surface area contributed by atoms with E-state index in [4.69, 9.17) is 21.6 Å². The first-order valence-electron chi connectivity index (χ1n) is 14.4. The molecule has 0 saturated carbocycles. The van der Waals surface area contributed by atoms with E-state index in [0.717, 1.165) is 51.7 Å². The molecule has 9 rings (SSSR count). The van der Waals surface area contributed by atoms with E-state index in [0.29, 0.717) is 38.1 Å². The molecule has 0 fully saturated rings. The summed E-state index contributed by atoms with van der Waals surface area (Å²) in [6.45, 7) is 4.60. The maximum absolute atomic E-state index is 6.28. The van der Waals surface area contributed by atoms with E-state index in [9.17, 15) is 0 Å². The van der Waals surface area contributed by atoms with Crippen LogP contribution >= 0.6 is 35.1 Å². The quantitative estimate of drug-likeness (QED) is 0.190. The number of nitrogens with zero attached hydrogens (tertiary/aromatic N) is 7. The van der Waals surface area contributed by atoms with Crippen LogP contribution in [0.15, 0.2) is 97.1 Å². The molecular formula is C35H22ClN7S2. The molecule has 0 amide bonds. The second-order valence-corrected chi connectivity index (χ2v) is 13.1. The fourth-order valence-electron chi connectivity index (χ4n) is 6.49. The average Bonchev–Trinajstić information content (AvgIpc) is 3.76. The van der Waals surface area contributed by atoms with Gasteiger partial charge < -0.3 is 4.90 Å². The maximum Gasteiger partial charge on any atom is 0.136 e. The van der Waals surface area contributed by atoms with Crippen LogP contribution in [-0.4, -0.2) is 27.5 Å². The van der Waals surface area contributed by atoms with Crippen molar-refractivity contribution in [2.75, 3.05) is 4.90 Å². The van der Waals surface area contributed by atoms with Gasteiger partial charge in [0.15, 0.2) is 0 Å². The Morgan fingerprint density at radius 2 is 0.956 bits per heavy atom. The lowest BCUT2D eigenvalue weighted by Gasteiger charge is -2.42. The Balaban J connectivity index is 1.25. The second-order valence-electron chi connectivity index (χ2n) is 11.6. The highest BCUT2D eigenvalue weighted by Gasteiger charge is 2.36. The predicted octanol–water partition coefficient (Wildman–Crippen LogP) is 9.74. The lowest BCUT2D eigenvalue weighted by Crippen LogP contribution is -2.30. The van der Waals surface area contributed by atoms with Crippen LogP contribution in [0.2, 0.25) is 5.02 Å². The molecule has 0 radical (unpaired) electrons. The van der Waals surface area contributed by atoms with Crippen molar-refractivity contribution in [2.24, 2.45) is 0 Å². The molecule has 8 aromatic rings. The molecule has 3 aromatic heterocycles. The molecule has 1 aliphatic rings. The van der Waals surface area contributed by atoms with Crippen LogP contribution in [0.5, 0.6) is 0 Å². The number of benzene rings is 5. The molecule has 0 saturated heterocycles. The monoisotopic (exact) mass is 639 g/mol. The smallest absolute Gasteiger partial charge is 0.136 e. The summed E-state index contributed by atoms with van der Waals surface area (Å²) in [6, 6.07) is 33.6. The zero-order valence-corrected chi connectivity index (χ0v) is 26.5. The fraction of sp³-hybridized carbons (Fsp3) is 0.0857. The molecule has 0 bridgehead atoms. The Morgan fingerprint density at radius 3 is 1.44 bits per heavy atom. The van der Waals surface area contributed by atoms with Gasteiger partial charge >= 0.3 is 0 Å². The summed E-state index contributed by atoms with van der Waals surface area (Å²) in [5.74, 6) is 0. The van der Waals surface area contributed by atoms with Crippen molar-refractivity contribution < 1.29 is 0 Å². The predicted molar refractivity (Wildman–Crippen MR) is 184 cm³/mol. The zero-order valence-electron chi connectivity index (χ0n) is 24.1. The van der Waals surface area contributed by atoms with Crippen molar-refractivity contribution in [1.82, 2.24) is 27.5 Å². The third kappa shape index (κ3) is 3.94. The lowest BCUT2D eigenvalue weighted by atomic mass is 9.73. The molecule has 0 unspecified atom stereocenters. The molecule has 0 atom stereocenters. The molecular weight excluding hydrogens is 618 g/mol. The molecule has 4 heterocycles. The Bertz CT molecular complexity index is 2380. The number of hydrogen-bond acceptors (Lipinski definition) is 9. The van der Waals surface area contributed by atoms with Crippen molar-refractivity contribution in [3.05, 3.63) is 113 Å². The van der Waals surface area contributed by atoms with Gasteiger partial charge in [-0.2, -0.15) is 17.5 Å². The van der Waals surface area contributed by atoms with Gasteiger partial charge in [0.25, 0.3) is 0 Å².